The zero-order valence-corrected chi connectivity index (χ0v) is 18.3. The lowest BCUT2D eigenvalue weighted by molar-refractivity contribution is -0.137. The maximum absolute atomic E-state index is 13.6. The smallest absolute Gasteiger partial charge is 0.228 e. The van der Waals surface area contributed by atoms with Gasteiger partial charge >= 0.3 is 0 Å². The summed E-state index contributed by atoms with van der Waals surface area (Å²) in [5.74, 6) is -0.784. The Labute approximate surface area is 194 Å². The van der Waals surface area contributed by atoms with Crippen LogP contribution in [-0.2, 0) is 16.1 Å². The summed E-state index contributed by atoms with van der Waals surface area (Å²) in [5, 5.41) is 11.8. The van der Waals surface area contributed by atoms with Gasteiger partial charge in [0.05, 0.1) is 18.2 Å². The number of anilines is 1. The Hall–Kier alpha value is -3.73. The summed E-state index contributed by atoms with van der Waals surface area (Å²) < 4.78 is 28.4. The fourth-order valence-electron chi connectivity index (χ4n) is 4.44. The highest BCUT2D eigenvalue weighted by Gasteiger charge is 2.38. The maximum atomic E-state index is 13.6. The van der Waals surface area contributed by atoms with Gasteiger partial charge < -0.3 is 9.80 Å². The number of piperazine rings is 1. The summed E-state index contributed by atoms with van der Waals surface area (Å²) in [7, 11) is 0. The quantitative estimate of drug-likeness (QED) is 0.567. The lowest BCUT2D eigenvalue weighted by Crippen LogP contribution is -2.50. The molecule has 0 saturated carbocycles. The molecule has 2 fully saturated rings. The summed E-state index contributed by atoms with van der Waals surface area (Å²) in [6, 6.07) is 11.8. The molecular weight excluding hydrogens is 444 g/mol. The first-order valence-electron chi connectivity index (χ1n) is 11.1. The van der Waals surface area contributed by atoms with Crippen molar-refractivity contribution >= 4 is 17.5 Å². The molecule has 1 aromatic heterocycles. The third kappa shape index (κ3) is 4.51. The van der Waals surface area contributed by atoms with E-state index in [1.807, 2.05) is 0 Å². The Morgan fingerprint density at radius 3 is 2.47 bits per heavy atom. The second-order valence-corrected chi connectivity index (χ2v) is 8.47. The van der Waals surface area contributed by atoms with Crippen molar-refractivity contribution in [2.75, 3.05) is 37.6 Å². The van der Waals surface area contributed by atoms with Crippen molar-refractivity contribution in [2.45, 2.75) is 13.0 Å². The number of carbonyl (C=O) groups excluding carboxylic acids is 2. The number of carbonyl (C=O) groups is 2. The summed E-state index contributed by atoms with van der Waals surface area (Å²) >= 11 is 0. The van der Waals surface area contributed by atoms with Crippen molar-refractivity contribution < 1.29 is 18.4 Å². The van der Waals surface area contributed by atoms with Crippen LogP contribution in [0, 0.1) is 17.6 Å². The number of hydrogen-bond donors (Lipinski definition) is 0. The van der Waals surface area contributed by atoms with E-state index in [2.05, 4.69) is 20.4 Å². The molecule has 176 valence electrons. The molecule has 34 heavy (non-hydrogen) atoms. The molecule has 5 rings (SSSR count). The van der Waals surface area contributed by atoms with E-state index < -0.39 is 11.7 Å². The molecule has 2 aromatic carbocycles. The molecule has 11 heteroatoms. The molecule has 2 amide bonds. The van der Waals surface area contributed by atoms with Gasteiger partial charge in [0, 0.05) is 44.8 Å². The van der Waals surface area contributed by atoms with Crippen LogP contribution >= 0.6 is 0 Å². The molecular formula is C23H23F2N7O2. The Bertz CT molecular complexity index is 1190. The average molecular weight is 467 g/mol. The number of nitrogens with zero attached hydrogens (tertiary/aromatic N) is 7. The summed E-state index contributed by atoms with van der Waals surface area (Å²) in [6.07, 6.45) is 0.127. The fraction of sp³-hybridized carbons (Fsp3) is 0.348. The number of hydrogen-bond acceptors (Lipinski definition) is 6. The minimum atomic E-state index is -0.437. The van der Waals surface area contributed by atoms with Gasteiger partial charge in [-0.15, -0.1) is 5.10 Å². The van der Waals surface area contributed by atoms with Crippen LogP contribution < -0.4 is 4.90 Å². The standard InChI is InChI=1S/C23H23F2N7O2/c24-17-4-6-19(7-5-17)32-21(26-27-28-32)15-29-8-10-30(11-9-29)23(34)16-12-22(33)31(14-16)20-3-1-2-18(25)13-20/h1-7,13,16H,8-12,14-15H2. The minimum Gasteiger partial charge on any atom is -0.340 e. The van der Waals surface area contributed by atoms with Crippen molar-refractivity contribution in [3.8, 4) is 5.69 Å². The Balaban J connectivity index is 1.17. The molecule has 0 bridgehead atoms. The van der Waals surface area contributed by atoms with Gasteiger partial charge in [0.1, 0.15) is 11.6 Å². The van der Waals surface area contributed by atoms with Crippen LogP contribution in [0.1, 0.15) is 12.2 Å². The number of tetrazole rings is 1. The highest BCUT2D eigenvalue weighted by Crippen LogP contribution is 2.27. The van der Waals surface area contributed by atoms with Crippen LogP contribution in [0.15, 0.2) is 48.5 Å². The van der Waals surface area contributed by atoms with E-state index in [0.29, 0.717) is 49.9 Å². The number of rotatable bonds is 5. The monoisotopic (exact) mass is 467 g/mol. The normalized spacial score (nSPS) is 19.1. The van der Waals surface area contributed by atoms with Gasteiger partial charge in [0.15, 0.2) is 5.82 Å². The zero-order valence-electron chi connectivity index (χ0n) is 18.3. The van der Waals surface area contributed by atoms with Crippen molar-refractivity contribution in [2.24, 2.45) is 5.92 Å². The fourth-order valence-corrected chi connectivity index (χ4v) is 4.44. The second-order valence-electron chi connectivity index (χ2n) is 8.47. The predicted molar refractivity (Wildman–Crippen MR) is 118 cm³/mol. The van der Waals surface area contributed by atoms with E-state index in [0.717, 1.165) is 0 Å². The molecule has 1 atom stereocenters. The van der Waals surface area contributed by atoms with E-state index >= 15 is 0 Å². The molecule has 2 aliphatic heterocycles. The van der Waals surface area contributed by atoms with Gasteiger partial charge in [-0.3, -0.25) is 14.5 Å². The highest BCUT2D eigenvalue weighted by atomic mass is 19.1. The number of amides is 2. The predicted octanol–water partition coefficient (Wildman–Crippen LogP) is 1.64. The number of benzene rings is 2. The van der Waals surface area contributed by atoms with E-state index in [9.17, 15) is 18.4 Å². The van der Waals surface area contributed by atoms with Crippen LogP contribution in [0.25, 0.3) is 5.69 Å². The molecule has 3 heterocycles. The van der Waals surface area contributed by atoms with Crippen LogP contribution in [0.5, 0.6) is 0 Å². The summed E-state index contributed by atoms with van der Waals surface area (Å²) in [6.45, 7) is 3.07. The Kier molecular flexibility index (Phi) is 6.01. The van der Waals surface area contributed by atoms with E-state index in [4.69, 9.17) is 0 Å². The van der Waals surface area contributed by atoms with Gasteiger partial charge in [-0.2, -0.15) is 4.68 Å². The minimum absolute atomic E-state index is 0.0527. The Morgan fingerprint density at radius 2 is 1.74 bits per heavy atom. The molecule has 2 aliphatic rings. The molecule has 0 radical (unpaired) electrons. The third-order valence-electron chi connectivity index (χ3n) is 6.25. The molecule has 3 aromatic rings. The van der Waals surface area contributed by atoms with Crippen LogP contribution in [0.3, 0.4) is 0 Å². The third-order valence-corrected chi connectivity index (χ3v) is 6.25. The molecule has 9 nitrogen and oxygen atoms in total. The maximum Gasteiger partial charge on any atom is 0.228 e. The summed E-state index contributed by atoms with van der Waals surface area (Å²) in [4.78, 5) is 30.9. The van der Waals surface area contributed by atoms with Crippen LogP contribution in [0.2, 0.25) is 0 Å². The lowest BCUT2D eigenvalue weighted by atomic mass is 10.1. The van der Waals surface area contributed by atoms with Crippen LogP contribution in [0.4, 0.5) is 14.5 Å². The van der Waals surface area contributed by atoms with Crippen LogP contribution in [-0.4, -0.2) is 74.5 Å². The van der Waals surface area contributed by atoms with E-state index in [-0.39, 0.29) is 30.6 Å². The van der Waals surface area contributed by atoms with E-state index in [1.165, 1.54) is 29.2 Å². The molecule has 0 spiro atoms. The van der Waals surface area contributed by atoms with Gasteiger partial charge in [-0.1, -0.05) is 6.07 Å². The van der Waals surface area contributed by atoms with Gasteiger partial charge in [-0.05, 0) is 52.9 Å². The average Bonchev–Trinajstić information content (AvgIpc) is 3.46. The summed E-state index contributed by atoms with van der Waals surface area (Å²) in [5.41, 5.74) is 1.15. The Morgan fingerprint density at radius 1 is 0.971 bits per heavy atom. The second kappa shape index (κ2) is 9.26. The van der Waals surface area contributed by atoms with Crippen molar-refractivity contribution in [1.82, 2.24) is 30.0 Å². The van der Waals surface area contributed by atoms with Crippen molar-refractivity contribution in [3.05, 3.63) is 66.0 Å². The SMILES string of the molecule is O=C(C1CC(=O)N(c2cccc(F)c2)C1)N1CCN(Cc2nnnn2-c2ccc(F)cc2)CC1. The first-order chi connectivity index (χ1) is 16.5. The molecule has 2 saturated heterocycles. The first-order valence-corrected chi connectivity index (χ1v) is 11.1. The van der Waals surface area contributed by atoms with Gasteiger partial charge in [0.2, 0.25) is 11.8 Å². The van der Waals surface area contributed by atoms with Gasteiger partial charge in [-0.25, -0.2) is 8.78 Å². The first kappa shape index (κ1) is 22.1. The number of aromatic nitrogens is 4. The van der Waals surface area contributed by atoms with Gasteiger partial charge in [0.25, 0.3) is 0 Å². The zero-order chi connectivity index (χ0) is 23.7. The number of halogens is 2. The molecule has 0 aliphatic carbocycles. The van der Waals surface area contributed by atoms with E-state index in [1.54, 1.807) is 33.8 Å². The largest absolute Gasteiger partial charge is 0.340 e. The lowest BCUT2D eigenvalue weighted by Gasteiger charge is -2.35. The molecule has 1 unspecified atom stereocenters. The molecule has 0 N–H and O–H groups in total. The topological polar surface area (TPSA) is 87.5 Å². The van der Waals surface area contributed by atoms with Crippen molar-refractivity contribution in [1.29, 1.82) is 0 Å². The highest BCUT2D eigenvalue weighted by molar-refractivity contribution is 6.00. The van der Waals surface area contributed by atoms with Crippen molar-refractivity contribution in [3.63, 3.8) is 0 Å².